The molecule has 0 saturated carbocycles. The number of nitrogens with zero attached hydrogens (tertiary/aromatic N) is 3. The minimum Gasteiger partial charge on any atom is -0.492 e. The van der Waals surface area contributed by atoms with Gasteiger partial charge in [-0.25, -0.2) is 0 Å². The monoisotopic (exact) mass is 289 g/mol. The molecule has 0 unspecified atom stereocenters. The van der Waals surface area contributed by atoms with Gasteiger partial charge in [-0.2, -0.15) is 0 Å². The summed E-state index contributed by atoms with van der Waals surface area (Å²) in [5, 5.41) is 10.4. The van der Waals surface area contributed by atoms with Crippen molar-refractivity contribution in [3.8, 4) is 5.75 Å². The van der Waals surface area contributed by atoms with Crippen LogP contribution in [-0.2, 0) is 6.54 Å². The first-order chi connectivity index (χ1) is 10.1. The Labute approximate surface area is 123 Å². The van der Waals surface area contributed by atoms with Crippen LogP contribution in [0.2, 0.25) is 0 Å². The Kier molecular flexibility index (Phi) is 4.89. The minimum atomic E-state index is -0.330. The minimum absolute atomic E-state index is 0.242. The Morgan fingerprint density at radius 2 is 2.29 bits per heavy atom. The number of carbonyl (C=O) groups is 1. The van der Waals surface area contributed by atoms with Crippen molar-refractivity contribution in [2.24, 2.45) is 5.73 Å². The van der Waals surface area contributed by atoms with Crippen molar-refractivity contribution in [2.45, 2.75) is 20.4 Å². The first kappa shape index (κ1) is 15.0. The van der Waals surface area contributed by atoms with E-state index < -0.39 is 0 Å². The molecule has 0 radical (unpaired) electrons. The summed E-state index contributed by atoms with van der Waals surface area (Å²) in [5.41, 5.74) is 7.35. The van der Waals surface area contributed by atoms with Gasteiger partial charge in [0.1, 0.15) is 5.75 Å². The molecule has 0 atom stereocenters. The second-order valence-corrected chi connectivity index (χ2v) is 4.54. The van der Waals surface area contributed by atoms with E-state index in [9.17, 15) is 4.79 Å². The van der Waals surface area contributed by atoms with E-state index in [1.165, 1.54) is 4.68 Å². The molecule has 0 bridgehead atoms. The molecule has 0 saturated heterocycles. The average molecular weight is 289 g/mol. The maximum Gasteiger partial charge on any atom is 0.277 e. The van der Waals surface area contributed by atoms with E-state index in [4.69, 9.17) is 10.5 Å². The molecular weight excluding hydrogens is 270 g/mol. The summed E-state index contributed by atoms with van der Waals surface area (Å²) in [6.07, 6.45) is 1.57. The number of benzene rings is 1. The van der Waals surface area contributed by atoms with Crippen molar-refractivity contribution in [2.75, 3.05) is 18.5 Å². The lowest BCUT2D eigenvalue weighted by Gasteiger charge is -2.11. The average Bonchev–Trinajstić information content (AvgIpc) is 2.91. The number of nitrogens with one attached hydrogen (secondary N) is 1. The summed E-state index contributed by atoms with van der Waals surface area (Å²) in [5.74, 6) is 0.309. The van der Waals surface area contributed by atoms with E-state index in [1.54, 1.807) is 6.20 Å². The number of ether oxygens (including phenoxy) is 1. The fourth-order valence-corrected chi connectivity index (χ4v) is 1.84. The van der Waals surface area contributed by atoms with Gasteiger partial charge in [0, 0.05) is 6.54 Å². The molecule has 7 nitrogen and oxygen atoms in total. The predicted octanol–water partition coefficient (Wildman–Crippen LogP) is 1.20. The van der Waals surface area contributed by atoms with Gasteiger partial charge in [0.15, 0.2) is 5.69 Å². The fraction of sp³-hybridized carbons (Fsp3) is 0.357. The molecule has 112 valence electrons. The van der Waals surface area contributed by atoms with Gasteiger partial charge >= 0.3 is 0 Å². The van der Waals surface area contributed by atoms with Crippen LogP contribution in [0.1, 0.15) is 23.0 Å². The summed E-state index contributed by atoms with van der Waals surface area (Å²) in [7, 11) is 0. The molecule has 21 heavy (non-hydrogen) atoms. The molecule has 2 aromatic rings. The Hall–Kier alpha value is -2.41. The summed E-state index contributed by atoms with van der Waals surface area (Å²) >= 11 is 0. The highest BCUT2D eigenvalue weighted by molar-refractivity contribution is 6.03. The number of rotatable bonds is 6. The number of nitrogens with two attached hydrogens (primary N) is 1. The summed E-state index contributed by atoms with van der Waals surface area (Å²) in [4.78, 5) is 12.2. The second-order valence-electron chi connectivity index (χ2n) is 4.54. The van der Waals surface area contributed by atoms with Gasteiger partial charge in [-0.3, -0.25) is 9.48 Å². The van der Waals surface area contributed by atoms with Crippen LogP contribution in [0.5, 0.6) is 5.75 Å². The van der Waals surface area contributed by atoms with E-state index in [0.29, 0.717) is 31.1 Å². The van der Waals surface area contributed by atoms with E-state index in [1.807, 2.05) is 32.0 Å². The van der Waals surface area contributed by atoms with Crippen LogP contribution < -0.4 is 15.8 Å². The summed E-state index contributed by atoms with van der Waals surface area (Å²) < 4.78 is 7.06. The first-order valence-corrected chi connectivity index (χ1v) is 6.79. The number of amides is 1. The molecule has 3 N–H and O–H groups in total. The van der Waals surface area contributed by atoms with Gasteiger partial charge in [0.05, 0.1) is 25.0 Å². The molecule has 2 rings (SSSR count). The number of anilines is 1. The van der Waals surface area contributed by atoms with Gasteiger partial charge < -0.3 is 15.8 Å². The van der Waals surface area contributed by atoms with Crippen LogP contribution in [0.4, 0.5) is 5.69 Å². The predicted molar refractivity (Wildman–Crippen MR) is 79.4 cm³/mol. The molecule has 7 heteroatoms. The second kappa shape index (κ2) is 6.85. The van der Waals surface area contributed by atoms with E-state index in [0.717, 1.165) is 5.56 Å². The quantitative estimate of drug-likeness (QED) is 0.833. The molecule has 1 heterocycles. The molecule has 1 aromatic carbocycles. The zero-order valence-electron chi connectivity index (χ0n) is 12.2. The highest BCUT2D eigenvalue weighted by Crippen LogP contribution is 2.26. The Morgan fingerprint density at radius 1 is 1.48 bits per heavy atom. The summed E-state index contributed by atoms with van der Waals surface area (Å²) in [6.45, 7) is 5.35. The van der Waals surface area contributed by atoms with Gasteiger partial charge in [-0.15, -0.1) is 5.10 Å². The van der Waals surface area contributed by atoms with Gasteiger partial charge in [0.2, 0.25) is 0 Å². The van der Waals surface area contributed by atoms with Gasteiger partial charge in [-0.1, -0.05) is 11.3 Å². The Balaban J connectivity index is 2.14. The molecule has 0 spiro atoms. The zero-order valence-corrected chi connectivity index (χ0v) is 12.2. The van der Waals surface area contributed by atoms with Gasteiger partial charge in [0.25, 0.3) is 5.91 Å². The van der Waals surface area contributed by atoms with Crippen molar-refractivity contribution < 1.29 is 9.53 Å². The van der Waals surface area contributed by atoms with Crippen LogP contribution in [0, 0.1) is 6.92 Å². The maximum absolute atomic E-state index is 12.2. The highest BCUT2D eigenvalue weighted by Gasteiger charge is 2.13. The van der Waals surface area contributed by atoms with Crippen molar-refractivity contribution >= 4 is 11.6 Å². The molecule has 1 aromatic heterocycles. The number of hydrogen-bond donors (Lipinski definition) is 2. The fourth-order valence-electron chi connectivity index (χ4n) is 1.84. The largest absolute Gasteiger partial charge is 0.492 e. The van der Waals surface area contributed by atoms with Crippen LogP contribution in [0.15, 0.2) is 24.4 Å². The highest BCUT2D eigenvalue weighted by atomic mass is 16.5. The van der Waals surface area contributed by atoms with E-state index in [2.05, 4.69) is 15.6 Å². The molecule has 0 aliphatic heterocycles. The molecular formula is C14H19N5O2. The Bertz CT molecular complexity index is 624. The van der Waals surface area contributed by atoms with Crippen LogP contribution >= 0.6 is 0 Å². The number of carbonyl (C=O) groups excluding carboxylic acids is 1. The normalized spacial score (nSPS) is 10.4. The Morgan fingerprint density at radius 3 is 3.00 bits per heavy atom. The van der Waals surface area contributed by atoms with Crippen LogP contribution in [0.3, 0.4) is 0 Å². The van der Waals surface area contributed by atoms with Crippen LogP contribution in [0.25, 0.3) is 0 Å². The van der Waals surface area contributed by atoms with Crippen LogP contribution in [-0.4, -0.2) is 34.1 Å². The van der Waals surface area contributed by atoms with Crippen molar-refractivity contribution in [1.82, 2.24) is 15.0 Å². The maximum atomic E-state index is 12.2. The molecule has 1 amide bonds. The first-order valence-electron chi connectivity index (χ1n) is 6.79. The molecule has 0 fully saturated rings. The molecule has 0 aliphatic rings. The smallest absolute Gasteiger partial charge is 0.277 e. The third kappa shape index (κ3) is 3.79. The molecule has 0 aliphatic carbocycles. The summed E-state index contributed by atoms with van der Waals surface area (Å²) in [6, 6.07) is 5.59. The zero-order chi connectivity index (χ0) is 15.2. The topological polar surface area (TPSA) is 95.1 Å². The van der Waals surface area contributed by atoms with E-state index >= 15 is 0 Å². The van der Waals surface area contributed by atoms with Crippen molar-refractivity contribution in [3.63, 3.8) is 0 Å². The lowest BCUT2D eigenvalue weighted by atomic mass is 10.2. The third-order valence-corrected chi connectivity index (χ3v) is 2.81. The number of aryl methyl sites for hydroxylation is 1. The van der Waals surface area contributed by atoms with Crippen molar-refractivity contribution in [1.29, 1.82) is 0 Å². The lowest BCUT2D eigenvalue weighted by Crippen LogP contribution is -2.14. The number of aromatic nitrogens is 3. The van der Waals surface area contributed by atoms with Gasteiger partial charge in [-0.05, 0) is 31.5 Å². The van der Waals surface area contributed by atoms with Crippen molar-refractivity contribution in [3.05, 3.63) is 35.7 Å². The third-order valence-electron chi connectivity index (χ3n) is 2.81. The number of hydrogen-bond acceptors (Lipinski definition) is 5. The standard InChI is InChI=1S/C14H19N5O2/c1-3-21-13-8-10(2)4-5-11(13)16-14(20)12-9-19(7-6-15)18-17-12/h4-5,8-9H,3,6-7,15H2,1-2H3,(H,16,20). The lowest BCUT2D eigenvalue weighted by molar-refractivity contribution is 0.102. The SMILES string of the molecule is CCOc1cc(C)ccc1NC(=O)c1cn(CCN)nn1. The van der Waals surface area contributed by atoms with E-state index in [-0.39, 0.29) is 11.6 Å².